The van der Waals surface area contributed by atoms with Gasteiger partial charge in [-0.25, -0.2) is 4.39 Å². The fourth-order valence-electron chi connectivity index (χ4n) is 3.11. The predicted molar refractivity (Wildman–Crippen MR) is 86.6 cm³/mol. The molecule has 3 unspecified atom stereocenters. The van der Waals surface area contributed by atoms with Gasteiger partial charge in [-0.1, -0.05) is 39.3 Å². The van der Waals surface area contributed by atoms with Crippen molar-refractivity contribution in [3.05, 3.63) is 30.1 Å². The molecule has 3 atom stereocenters. The van der Waals surface area contributed by atoms with Crippen molar-refractivity contribution < 1.29 is 4.39 Å². The topological polar surface area (TPSA) is 23.8 Å². The number of halogens is 1. The first-order valence-electron chi connectivity index (χ1n) is 7.78. The molecule has 1 fully saturated rings. The lowest BCUT2D eigenvalue weighted by Gasteiger charge is -2.41. The van der Waals surface area contributed by atoms with Gasteiger partial charge in [-0.2, -0.15) is 5.26 Å². The lowest BCUT2D eigenvalue weighted by atomic mass is 9.67. The lowest BCUT2D eigenvalue weighted by molar-refractivity contribution is 0.144. The Kier molecular flexibility index (Phi) is 5.32. The van der Waals surface area contributed by atoms with Crippen molar-refractivity contribution in [2.45, 2.75) is 56.6 Å². The molecule has 1 aromatic rings. The average molecular weight is 305 g/mol. The number of nitrogens with zero attached hydrogens (tertiary/aromatic N) is 1. The lowest BCUT2D eigenvalue weighted by Crippen LogP contribution is -2.34. The molecule has 114 valence electrons. The molecule has 0 aromatic heterocycles. The Morgan fingerprint density at radius 2 is 2.05 bits per heavy atom. The molecule has 1 aromatic carbocycles. The minimum absolute atomic E-state index is 0.0403. The van der Waals surface area contributed by atoms with Gasteiger partial charge in [0.1, 0.15) is 5.82 Å². The fraction of sp³-hybridized carbons (Fsp3) is 0.611. The van der Waals surface area contributed by atoms with Gasteiger partial charge < -0.3 is 0 Å². The first-order valence-corrected chi connectivity index (χ1v) is 8.66. The van der Waals surface area contributed by atoms with E-state index in [1.807, 2.05) is 12.1 Å². The van der Waals surface area contributed by atoms with Crippen LogP contribution >= 0.6 is 11.8 Å². The number of benzene rings is 1. The van der Waals surface area contributed by atoms with Crippen molar-refractivity contribution in [1.82, 2.24) is 0 Å². The SMILES string of the molecule is CCC(C)(C)C1CCC(C#N)C(Sc2ccccc2F)C1. The van der Waals surface area contributed by atoms with Gasteiger partial charge in [0.25, 0.3) is 0 Å². The first-order chi connectivity index (χ1) is 9.97. The van der Waals surface area contributed by atoms with Crippen LogP contribution in [0.5, 0.6) is 0 Å². The molecule has 1 saturated carbocycles. The van der Waals surface area contributed by atoms with Crippen LogP contribution in [0.15, 0.2) is 29.2 Å². The van der Waals surface area contributed by atoms with Crippen LogP contribution in [0.3, 0.4) is 0 Å². The monoisotopic (exact) mass is 305 g/mol. The zero-order chi connectivity index (χ0) is 15.5. The third-order valence-corrected chi connectivity index (χ3v) is 6.50. The highest BCUT2D eigenvalue weighted by Gasteiger charge is 2.37. The molecule has 2 rings (SSSR count). The highest BCUT2D eigenvalue weighted by atomic mass is 32.2. The molecule has 1 aliphatic carbocycles. The van der Waals surface area contributed by atoms with Gasteiger partial charge in [0, 0.05) is 10.1 Å². The van der Waals surface area contributed by atoms with E-state index in [1.54, 1.807) is 17.8 Å². The van der Waals surface area contributed by atoms with Gasteiger partial charge >= 0.3 is 0 Å². The quantitative estimate of drug-likeness (QED) is 0.716. The summed E-state index contributed by atoms with van der Waals surface area (Å²) in [6.07, 6.45) is 4.22. The number of thioether (sulfide) groups is 1. The number of nitriles is 1. The molecule has 21 heavy (non-hydrogen) atoms. The van der Waals surface area contributed by atoms with Crippen LogP contribution in [-0.4, -0.2) is 5.25 Å². The van der Waals surface area contributed by atoms with E-state index in [1.165, 1.54) is 6.07 Å². The van der Waals surface area contributed by atoms with E-state index in [-0.39, 0.29) is 17.0 Å². The van der Waals surface area contributed by atoms with Gasteiger partial charge in [0.05, 0.1) is 12.0 Å². The second-order valence-electron chi connectivity index (χ2n) is 6.67. The maximum Gasteiger partial charge on any atom is 0.136 e. The molecule has 1 nitrogen and oxygen atoms in total. The molecule has 1 aliphatic rings. The molecular weight excluding hydrogens is 281 g/mol. The van der Waals surface area contributed by atoms with Crippen LogP contribution in [0, 0.1) is 34.4 Å². The smallest absolute Gasteiger partial charge is 0.136 e. The zero-order valence-corrected chi connectivity index (χ0v) is 13.9. The molecule has 0 amide bonds. The number of hydrogen-bond acceptors (Lipinski definition) is 2. The van der Waals surface area contributed by atoms with Crippen LogP contribution in [-0.2, 0) is 0 Å². The molecular formula is C18H24FNS. The van der Waals surface area contributed by atoms with Crippen LogP contribution in [0.1, 0.15) is 46.5 Å². The molecule has 0 saturated heterocycles. The summed E-state index contributed by atoms with van der Waals surface area (Å²) in [7, 11) is 0. The maximum absolute atomic E-state index is 13.9. The van der Waals surface area contributed by atoms with Crippen LogP contribution < -0.4 is 0 Å². The summed E-state index contributed by atoms with van der Waals surface area (Å²) in [4.78, 5) is 0.678. The van der Waals surface area contributed by atoms with E-state index in [0.29, 0.717) is 16.2 Å². The second-order valence-corrected chi connectivity index (χ2v) is 7.96. The van der Waals surface area contributed by atoms with Gasteiger partial charge in [-0.05, 0) is 42.7 Å². The third kappa shape index (κ3) is 3.80. The van der Waals surface area contributed by atoms with Gasteiger partial charge in [0.15, 0.2) is 0 Å². The van der Waals surface area contributed by atoms with E-state index in [0.717, 1.165) is 25.7 Å². The Labute approximate surface area is 131 Å². The first kappa shape index (κ1) is 16.4. The highest BCUT2D eigenvalue weighted by molar-refractivity contribution is 8.00. The molecule has 3 heteroatoms. The Bertz CT molecular complexity index is 520. The number of hydrogen-bond donors (Lipinski definition) is 0. The fourth-order valence-corrected chi connectivity index (χ4v) is 4.46. The normalized spacial score (nSPS) is 26.3. The minimum Gasteiger partial charge on any atom is -0.206 e. The Hall–Kier alpha value is -1.01. The van der Waals surface area contributed by atoms with Crippen molar-refractivity contribution in [3.8, 4) is 6.07 Å². The van der Waals surface area contributed by atoms with E-state index in [2.05, 4.69) is 26.8 Å². The molecule has 0 aliphatic heterocycles. The number of rotatable bonds is 4. The van der Waals surface area contributed by atoms with Crippen LogP contribution in [0.2, 0.25) is 0 Å². The summed E-state index contributed by atoms with van der Waals surface area (Å²) in [5, 5.41) is 9.60. The van der Waals surface area contributed by atoms with Crippen LogP contribution in [0.25, 0.3) is 0 Å². The Balaban J connectivity index is 2.15. The van der Waals surface area contributed by atoms with Crippen molar-refractivity contribution in [2.24, 2.45) is 17.3 Å². The molecule has 0 spiro atoms. The van der Waals surface area contributed by atoms with E-state index in [4.69, 9.17) is 0 Å². The largest absolute Gasteiger partial charge is 0.206 e. The predicted octanol–water partition coefficient (Wildman–Crippen LogP) is 5.66. The van der Waals surface area contributed by atoms with Crippen molar-refractivity contribution in [1.29, 1.82) is 5.26 Å². The molecule has 0 bridgehead atoms. The summed E-state index contributed by atoms with van der Waals surface area (Å²) >= 11 is 1.56. The summed E-state index contributed by atoms with van der Waals surface area (Å²) in [5.74, 6) is 0.492. The average Bonchev–Trinajstić information content (AvgIpc) is 2.49. The standard InChI is InChI=1S/C18H24FNS/c1-4-18(2,3)14-10-9-13(12-20)17(11-14)21-16-8-6-5-7-15(16)19/h5-8,13-14,17H,4,9-11H2,1-3H3. The van der Waals surface area contributed by atoms with Gasteiger partial charge in [0.2, 0.25) is 0 Å². The summed E-state index contributed by atoms with van der Waals surface area (Å²) in [5.41, 5.74) is 0.300. The van der Waals surface area contributed by atoms with Crippen molar-refractivity contribution in [3.63, 3.8) is 0 Å². The van der Waals surface area contributed by atoms with Crippen LogP contribution in [0.4, 0.5) is 4.39 Å². The third-order valence-electron chi connectivity index (χ3n) is 5.09. The molecule has 0 N–H and O–H groups in total. The minimum atomic E-state index is -0.170. The van der Waals surface area contributed by atoms with Gasteiger partial charge in [-0.15, -0.1) is 11.8 Å². The Morgan fingerprint density at radius 3 is 2.67 bits per heavy atom. The van der Waals surface area contributed by atoms with Gasteiger partial charge in [-0.3, -0.25) is 0 Å². The maximum atomic E-state index is 13.9. The van der Waals surface area contributed by atoms with Crippen molar-refractivity contribution >= 4 is 11.8 Å². The van der Waals surface area contributed by atoms with Crippen molar-refractivity contribution in [2.75, 3.05) is 0 Å². The highest BCUT2D eigenvalue weighted by Crippen LogP contribution is 2.47. The summed E-state index contributed by atoms with van der Waals surface area (Å²) in [6.45, 7) is 6.86. The second kappa shape index (κ2) is 6.83. The molecule has 0 heterocycles. The summed E-state index contributed by atoms with van der Waals surface area (Å²) < 4.78 is 13.9. The van der Waals surface area contributed by atoms with E-state index in [9.17, 15) is 9.65 Å². The Morgan fingerprint density at radius 1 is 1.33 bits per heavy atom. The zero-order valence-electron chi connectivity index (χ0n) is 13.1. The molecule has 0 radical (unpaired) electrons. The van der Waals surface area contributed by atoms with E-state index >= 15 is 0 Å². The summed E-state index contributed by atoms with van der Waals surface area (Å²) in [6, 6.07) is 9.34. The van der Waals surface area contributed by atoms with E-state index < -0.39 is 0 Å².